The van der Waals surface area contributed by atoms with E-state index in [0.717, 1.165) is 11.5 Å². The average Bonchev–Trinajstić information content (AvgIpc) is 1.66. The van der Waals surface area contributed by atoms with Crippen LogP contribution in [0.1, 0.15) is 0 Å². The van der Waals surface area contributed by atoms with Crippen LogP contribution in [0.15, 0.2) is 11.6 Å². The lowest BCUT2D eigenvalue weighted by Gasteiger charge is -1.93. The number of hydrogen-bond acceptors (Lipinski definition) is 2. The largest absolute Gasteiger partial charge is 0.396 e. The van der Waals surface area contributed by atoms with Gasteiger partial charge in [0.25, 0.3) is 0 Å². The first-order valence-electron chi connectivity index (χ1n) is 2.29. The second kappa shape index (κ2) is 5.48. The maximum Gasteiger partial charge on any atom is 0.0521 e. The van der Waals surface area contributed by atoms with Crippen molar-refractivity contribution in [3.8, 4) is 0 Å². The number of aliphatic hydroxyl groups excluding tert-OH is 1. The van der Waals surface area contributed by atoms with Crippen molar-refractivity contribution in [1.82, 2.24) is 0 Å². The number of thioether (sulfide) groups is 1. The number of rotatable bonds is 4. The lowest BCUT2D eigenvalue weighted by molar-refractivity contribution is 0.322. The molecule has 0 aliphatic carbocycles. The molecule has 0 rings (SSSR count). The highest BCUT2D eigenvalue weighted by atomic mass is 35.5. The van der Waals surface area contributed by atoms with Gasteiger partial charge in [-0.25, -0.2) is 0 Å². The van der Waals surface area contributed by atoms with E-state index >= 15 is 0 Å². The molecule has 0 aromatic rings. The lowest BCUT2D eigenvalue weighted by Crippen LogP contribution is -1.87. The maximum atomic E-state index is 8.29. The van der Waals surface area contributed by atoms with Crippen LogP contribution >= 0.6 is 23.4 Å². The smallest absolute Gasteiger partial charge is 0.0521 e. The molecule has 48 valence electrons. The van der Waals surface area contributed by atoms with Crippen LogP contribution in [0.5, 0.6) is 0 Å². The molecule has 1 nitrogen and oxygen atoms in total. The molecule has 0 heterocycles. The quantitative estimate of drug-likeness (QED) is 0.616. The molecule has 0 bridgehead atoms. The molecule has 0 aliphatic rings. The van der Waals surface area contributed by atoms with E-state index in [1.165, 1.54) is 0 Å². The highest BCUT2D eigenvalue weighted by Gasteiger charge is 1.86. The van der Waals surface area contributed by atoms with Gasteiger partial charge in [0.05, 0.1) is 6.61 Å². The number of halogens is 1. The van der Waals surface area contributed by atoms with E-state index in [1.807, 2.05) is 0 Å². The molecule has 8 heavy (non-hydrogen) atoms. The van der Waals surface area contributed by atoms with E-state index < -0.39 is 0 Å². The Morgan fingerprint density at radius 3 is 2.75 bits per heavy atom. The Labute approximate surface area is 58.7 Å². The standard InChI is InChI=1S/C5H9ClOS/c1-5(6)4-8-3-2-7/h7H,1-4H2. The van der Waals surface area contributed by atoms with Gasteiger partial charge in [-0.1, -0.05) is 18.2 Å². The monoisotopic (exact) mass is 152 g/mol. The van der Waals surface area contributed by atoms with Crippen molar-refractivity contribution in [3.63, 3.8) is 0 Å². The first-order chi connectivity index (χ1) is 3.77. The molecule has 0 aromatic carbocycles. The van der Waals surface area contributed by atoms with Crippen molar-refractivity contribution in [3.05, 3.63) is 11.6 Å². The van der Waals surface area contributed by atoms with Gasteiger partial charge in [0, 0.05) is 16.5 Å². The molecule has 3 heteroatoms. The third kappa shape index (κ3) is 6.34. The van der Waals surface area contributed by atoms with Gasteiger partial charge in [0.15, 0.2) is 0 Å². The maximum absolute atomic E-state index is 8.29. The summed E-state index contributed by atoms with van der Waals surface area (Å²) < 4.78 is 0. The van der Waals surface area contributed by atoms with Crippen molar-refractivity contribution < 1.29 is 5.11 Å². The van der Waals surface area contributed by atoms with Gasteiger partial charge in [0.1, 0.15) is 0 Å². The fourth-order valence-corrected chi connectivity index (χ4v) is 0.974. The van der Waals surface area contributed by atoms with Gasteiger partial charge in [-0.15, -0.1) is 0 Å². The second-order valence-corrected chi connectivity index (χ2v) is 2.93. The van der Waals surface area contributed by atoms with Crippen LogP contribution in [0.3, 0.4) is 0 Å². The van der Waals surface area contributed by atoms with Gasteiger partial charge < -0.3 is 5.11 Å². The molecule has 0 fully saturated rings. The summed E-state index contributed by atoms with van der Waals surface area (Å²) in [5.41, 5.74) is 0. The predicted molar refractivity (Wildman–Crippen MR) is 39.4 cm³/mol. The first-order valence-corrected chi connectivity index (χ1v) is 3.82. The molecule has 0 unspecified atom stereocenters. The van der Waals surface area contributed by atoms with Crippen LogP contribution < -0.4 is 0 Å². The second-order valence-electron chi connectivity index (χ2n) is 1.29. The minimum Gasteiger partial charge on any atom is -0.396 e. The third-order valence-corrected chi connectivity index (χ3v) is 1.81. The van der Waals surface area contributed by atoms with E-state index in [0.29, 0.717) is 5.03 Å². The Bertz CT molecular complexity index is 74.8. The molecule has 0 amide bonds. The number of aliphatic hydroxyl groups is 1. The van der Waals surface area contributed by atoms with Crippen molar-refractivity contribution >= 4 is 23.4 Å². The summed E-state index contributed by atoms with van der Waals surface area (Å²) in [4.78, 5) is 0. The summed E-state index contributed by atoms with van der Waals surface area (Å²) >= 11 is 7.00. The Morgan fingerprint density at radius 1 is 1.75 bits per heavy atom. The molecule has 0 spiro atoms. The summed E-state index contributed by atoms with van der Waals surface area (Å²) in [7, 11) is 0. The van der Waals surface area contributed by atoms with Crippen LogP contribution in [0.4, 0.5) is 0 Å². The lowest BCUT2D eigenvalue weighted by atomic mass is 10.7. The molecule has 0 aromatic heterocycles. The van der Waals surface area contributed by atoms with E-state index in [4.69, 9.17) is 16.7 Å². The third-order valence-electron chi connectivity index (χ3n) is 0.494. The molecule has 0 radical (unpaired) electrons. The average molecular weight is 153 g/mol. The highest BCUT2D eigenvalue weighted by molar-refractivity contribution is 7.99. The van der Waals surface area contributed by atoms with Gasteiger partial charge in [0.2, 0.25) is 0 Å². The van der Waals surface area contributed by atoms with E-state index in [-0.39, 0.29) is 6.61 Å². The summed E-state index contributed by atoms with van der Waals surface area (Å²) in [5, 5.41) is 8.93. The fraction of sp³-hybridized carbons (Fsp3) is 0.600. The normalized spacial score (nSPS) is 9.25. The highest BCUT2D eigenvalue weighted by Crippen LogP contribution is 2.07. The van der Waals surface area contributed by atoms with Crippen molar-refractivity contribution in [2.24, 2.45) is 0 Å². The van der Waals surface area contributed by atoms with E-state index in [1.54, 1.807) is 11.8 Å². The van der Waals surface area contributed by atoms with E-state index in [9.17, 15) is 0 Å². The zero-order valence-electron chi connectivity index (χ0n) is 4.56. The molecule has 0 saturated carbocycles. The molecule has 0 saturated heterocycles. The topological polar surface area (TPSA) is 20.2 Å². The molecule has 0 atom stereocenters. The number of hydrogen-bond donors (Lipinski definition) is 1. The van der Waals surface area contributed by atoms with Gasteiger partial charge in [-0.3, -0.25) is 0 Å². The Kier molecular flexibility index (Phi) is 5.71. The summed E-state index contributed by atoms with van der Waals surface area (Å²) in [6.07, 6.45) is 0. The zero-order chi connectivity index (χ0) is 6.41. The minimum absolute atomic E-state index is 0.217. The Morgan fingerprint density at radius 2 is 2.38 bits per heavy atom. The SMILES string of the molecule is C=C(Cl)CSCCO. The fourth-order valence-electron chi connectivity index (χ4n) is 0.247. The minimum atomic E-state index is 0.217. The van der Waals surface area contributed by atoms with Gasteiger partial charge in [-0.05, 0) is 0 Å². The van der Waals surface area contributed by atoms with E-state index in [2.05, 4.69) is 6.58 Å². The van der Waals surface area contributed by atoms with Crippen LogP contribution in [0.25, 0.3) is 0 Å². The van der Waals surface area contributed by atoms with Crippen LogP contribution in [0, 0.1) is 0 Å². The zero-order valence-corrected chi connectivity index (χ0v) is 6.13. The first kappa shape index (κ1) is 8.34. The Hall–Kier alpha value is 0.340. The van der Waals surface area contributed by atoms with Crippen LogP contribution in [-0.4, -0.2) is 23.2 Å². The Balaban J connectivity index is 2.82. The predicted octanol–water partition coefficient (Wildman–Crippen LogP) is 1.46. The van der Waals surface area contributed by atoms with Gasteiger partial charge >= 0.3 is 0 Å². The van der Waals surface area contributed by atoms with Gasteiger partial charge in [-0.2, -0.15) is 11.8 Å². The van der Waals surface area contributed by atoms with Crippen LogP contribution in [0.2, 0.25) is 0 Å². The molecule has 1 N–H and O–H groups in total. The van der Waals surface area contributed by atoms with Crippen molar-refractivity contribution in [1.29, 1.82) is 0 Å². The van der Waals surface area contributed by atoms with Crippen molar-refractivity contribution in [2.75, 3.05) is 18.1 Å². The summed E-state index contributed by atoms with van der Waals surface area (Å²) in [6, 6.07) is 0. The summed E-state index contributed by atoms with van der Waals surface area (Å²) in [6.45, 7) is 3.71. The van der Waals surface area contributed by atoms with Crippen molar-refractivity contribution in [2.45, 2.75) is 0 Å². The van der Waals surface area contributed by atoms with Crippen LogP contribution in [-0.2, 0) is 0 Å². The molecular formula is C5H9ClOS. The molecule has 0 aliphatic heterocycles. The summed E-state index contributed by atoms with van der Waals surface area (Å²) in [5.74, 6) is 1.48. The molecular weight excluding hydrogens is 144 g/mol.